The highest BCUT2D eigenvalue weighted by Gasteiger charge is 2.62. The van der Waals surface area contributed by atoms with Crippen LogP contribution in [0.1, 0.15) is 178 Å². The quantitative estimate of drug-likeness (QED) is 0.0489. The molecular formula is C92H101Cl5N12O18. The Bertz CT molecular complexity index is 5820. The predicted molar refractivity (Wildman–Crippen MR) is 469 cm³/mol. The first-order valence-corrected chi connectivity index (χ1v) is 44.7. The van der Waals surface area contributed by atoms with E-state index in [1.807, 2.05) is 167 Å². The molecular weight excluding hydrogens is 1740 g/mol. The zero-order valence-corrected chi connectivity index (χ0v) is 75.0. The van der Waals surface area contributed by atoms with Gasteiger partial charge in [-0.3, -0.25) is 0 Å². The van der Waals surface area contributed by atoms with Gasteiger partial charge in [0, 0.05) is 87.5 Å². The van der Waals surface area contributed by atoms with Gasteiger partial charge in [-0.05, 0) is 231 Å². The summed E-state index contributed by atoms with van der Waals surface area (Å²) in [5.74, 6) is -2.37. The smallest absolute Gasteiger partial charge is 0.164 e. The van der Waals surface area contributed by atoms with Crippen LogP contribution in [0, 0.1) is 20.8 Å². The molecule has 9 aliphatic heterocycles. The van der Waals surface area contributed by atoms with Crippen molar-refractivity contribution in [2.75, 3.05) is 26.4 Å². The van der Waals surface area contributed by atoms with Crippen molar-refractivity contribution in [1.82, 2.24) is 58.1 Å². The molecule has 7 saturated heterocycles. The summed E-state index contributed by atoms with van der Waals surface area (Å²) in [6.45, 7) is 18.4. The van der Waals surface area contributed by atoms with Crippen molar-refractivity contribution in [2.24, 2.45) is 0 Å². The molecule has 7 fully saturated rings. The summed E-state index contributed by atoms with van der Waals surface area (Å²) in [7, 11) is 0. The van der Waals surface area contributed by atoms with E-state index in [4.69, 9.17) is 115 Å². The number of aryl methyl sites for hydroxylation is 7. The highest BCUT2D eigenvalue weighted by Crippen LogP contribution is 2.53. The fourth-order valence-electron chi connectivity index (χ4n) is 19.3. The van der Waals surface area contributed by atoms with E-state index < -0.39 is 109 Å². The van der Waals surface area contributed by atoms with Gasteiger partial charge in [-0.25, -0.2) is 39.9 Å². The minimum Gasteiger partial charge on any atom is -0.396 e. The third kappa shape index (κ3) is 17.7. The zero-order valence-electron chi connectivity index (χ0n) is 71.2. The topological polar surface area (TPSA) is 355 Å². The maximum Gasteiger partial charge on any atom is 0.164 e. The Morgan fingerprint density at radius 3 is 1.19 bits per heavy atom. The predicted octanol–water partition coefficient (Wildman–Crippen LogP) is 14.5. The highest BCUT2D eigenvalue weighted by atomic mass is 35.5. The van der Waals surface area contributed by atoms with Crippen molar-refractivity contribution in [2.45, 2.75) is 254 Å². The number of hydrogen-bond acceptors (Lipinski definition) is 26. The molecule has 672 valence electrons. The summed E-state index contributed by atoms with van der Waals surface area (Å²) in [6.07, 6.45) is 7.29. The largest absolute Gasteiger partial charge is 0.396 e. The second-order valence-corrected chi connectivity index (χ2v) is 36.8. The molecule has 127 heavy (non-hydrogen) atoms. The molecule has 8 aromatic heterocycles. The molecule has 30 nitrogen and oxygen atoms in total. The number of nitrogens with zero attached hydrogens (tertiary/aromatic N) is 12. The Hall–Kier alpha value is -7.91. The molecule has 9 aliphatic rings. The van der Waals surface area contributed by atoms with Gasteiger partial charge in [0.15, 0.2) is 42.3 Å². The molecule has 21 rings (SSSR count). The minimum atomic E-state index is -1.12. The van der Waals surface area contributed by atoms with E-state index in [9.17, 15) is 30.6 Å². The molecule has 0 amide bonds. The zero-order chi connectivity index (χ0) is 88.8. The van der Waals surface area contributed by atoms with Crippen molar-refractivity contribution in [1.29, 1.82) is 0 Å². The summed E-state index contributed by atoms with van der Waals surface area (Å²) >= 11 is 31.1. The molecule has 4 aromatic carbocycles. The van der Waals surface area contributed by atoms with Gasteiger partial charge in [-0.2, -0.15) is 0 Å². The number of aromatic nitrogens is 12. The first-order valence-electron chi connectivity index (χ1n) is 42.8. The molecule has 0 saturated carbocycles. The number of hydrogen-bond donors (Lipinski definition) is 6. The number of rotatable bonds is 16. The van der Waals surface area contributed by atoms with Gasteiger partial charge in [0.25, 0.3) is 0 Å². The van der Waals surface area contributed by atoms with E-state index in [1.165, 1.54) is 24.5 Å². The van der Waals surface area contributed by atoms with Crippen molar-refractivity contribution >= 4 is 102 Å². The lowest BCUT2D eigenvalue weighted by Crippen LogP contribution is -2.35. The monoisotopic (exact) mass is 1840 g/mol. The third-order valence-corrected chi connectivity index (χ3v) is 26.3. The van der Waals surface area contributed by atoms with Crippen LogP contribution in [0.15, 0.2) is 147 Å². The van der Waals surface area contributed by atoms with Crippen LogP contribution in [0.4, 0.5) is 0 Å². The van der Waals surface area contributed by atoms with Crippen LogP contribution in [-0.4, -0.2) is 206 Å². The molecule has 20 atom stereocenters. The van der Waals surface area contributed by atoms with Gasteiger partial charge >= 0.3 is 0 Å². The normalized spacial score (nSPS) is 28.9. The minimum absolute atomic E-state index is 0.0466. The van der Waals surface area contributed by atoms with Crippen molar-refractivity contribution in [3.63, 3.8) is 0 Å². The van der Waals surface area contributed by atoms with Gasteiger partial charge in [-0.1, -0.05) is 82.3 Å². The Morgan fingerprint density at radius 2 is 0.748 bits per heavy atom. The number of fused-ring (bicyclic) bond motifs is 9. The molecule has 0 radical (unpaired) electrons. The highest BCUT2D eigenvalue weighted by molar-refractivity contribution is 6.34. The summed E-state index contributed by atoms with van der Waals surface area (Å²) < 4.78 is 83.3. The van der Waals surface area contributed by atoms with Gasteiger partial charge in [0.05, 0.1) is 22.5 Å². The van der Waals surface area contributed by atoms with E-state index in [0.29, 0.717) is 86.9 Å². The van der Waals surface area contributed by atoms with E-state index in [-0.39, 0.29) is 43.9 Å². The number of aliphatic hydroxyl groups excluding tert-OH is 6. The SMILES string of the molecule is CC1(C)O[C@H]2[C@@H](O1)[C@H](n1ccc3c(Cl)ncnc31)O[C@@H]2[C@H](O)c1ccc(Cl)cc1CCCO.Cc1ncnc2c1ccn2C1O[C@H]([C@@H]2OCCCc3cc(Cl)ccc32)[C@@H](O)[C@H]1O.Cc1ncnc2c1ccn2[C@@H]1O[C@@H]([C@H](O)c2ccc(Cl)cc2CCCO)[C@H]2OC(C)(C)O[C@H]21.Cc1ncnc2c1ccn2[C@@H]1O[C@H]([C@@H]2OCCCc3cc(Cl)ccc32)[C@H]2OC(C)(C)O[C@H]21. The van der Waals surface area contributed by atoms with E-state index >= 15 is 0 Å². The average Bonchev–Trinajstić information content (AvgIpc) is 1.60. The fraction of sp³-hybridized carbons (Fsp3) is 0.478. The van der Waals surface area contributed by atoms with Crippen LogP contribution in [0.2, 0.25) is 25.2 Å². The maximum atomic E-state index is 11.5. The second kappa shape index (κ2) is 36.7. The van der Waals surface area contributed by atoms with Crippen molar-refractivity contribution in [3.05, 3.63) is 234 Å². The number of aliphatic hydroxyl groups is 6. The molecule has 0 bridgehead atoms. The van der Waals surface area contributed by atoms with E-state index in [0.717, 1.165) is 103 Å². The Labute approximate surface area is 757 Å². The third-order valence-electron chi connectivity index (χ3n) is 25.0. The van der Waals surface area contributed by atoms with E-state index in [1.54, 1.807) is 35.3 Å². The second-order valence-electron chi connectivity index (χ2n) is 34.7. The summed E-state index contributed by atoms with van der Waals surface area (Å²) in [4.78, 5) is 34.5. The Morgan fingerprint density at radius 1 is 0.394 bits per heavy atom. The lowest BCUT2D eigenvalue weighted by molar-refractivity contribution is -0.211. The lowest BCUT2D eigenvalue weighted by Gasteiger charge is -2.29. The lowest BCUT2D eigenvalue weighted by atomic mass is 9.93. The van der Waals surface area contributed by atoms with Crippen LogP contribution < -0.4 is 0 Å². The first-order chi connectivity index (χ1) is 61.0. The molecule has 1 unspecified atom stereocenters. The van der Waals surface area contributed by atoms with Crippen molar-refractivity contribution in [3.8, 4) is 0 Å². The molecule has 12 aromatic rings. The molecule has 35 heteroatoms. The van der Waals surface area contributed by atoms with Crippen LogP contribution in [0.5, 0.6) is 0 Å². The Kier molecular flexibility index (Phi) is 25.9. The Balaban J connectivity index is 0.000000115. The van der Waals surface area contributed by atoms with Crippen LogP contribution in [-0.2, 0) is 82.5 Å². The maximum absolute atomic E-state index is 11.5. The molecule has 17 heterocycles. The van der Waals surface area contributed by atoms with Gasteiger partial charge in [-0.15, -0.1) is 0 Å². The fourth-order valence-corrected chi connectivity index (χ4v) is 20.3. The standard InChI is InChI=1S/C24H28ClN3O5.C24H26ClN3O4.C23H25Cl2N3O5.C21H22ClN3O4/c1-13-16-8-9-28(22(16)27-12-26-13)23-21-20(32-24(2,3)33-21)19(31-23)18(30)17-7-6-15(25)11-14(17)5-4-10-29;1-13-16-8-9-28(22(16)27-12-26-13)23-21-20(31-24(2,3)32-21)19(30-23)18-17-7-6-15(25)11-14(17)5-4-10-29-18;1-23(2)32-18-17(16(30)14-6-5-13(24)10-12(14)4-3-9-29)31-22(19(18)33-23)28-8-7-15-20(25)26-11-27-21(15)28;1-11-14-6-7-25(20(14)24-10-23-11)21-17(27)16(26)19(29-21)18-15-5-4-13(22)9-12(15)3-2-8-28-18/h6-9,11-12,18-21,23,29-30H,4-5,10H2,1-3H3;6-9,11-12,18-21,23H,4-5,10H2,1-3H3;5-8,10-11,16-19,22,29-30H,3-4,9H2,1-2H3;4-7,9-10,16-19,21,26-27H,2-3,8H2,1H3/t18-,19+,20-,21-,23-;18-,19-,20-,21-,23-;16-,17-,18-,19-,22-;16-,17+,18+,19-,21?/m1110/s1. The molecule has 0 aliphatic carbocycles. The van der Waals surface area contributed by atoms with Gasteiger partial charge < -0.3 is 106 Å². The number of benzene rings is 4. The van der Waals surface area contributed by atoms with E-state index in [2.05, 4.69) is 45.9 Å². The van der Waals surface area contributed by atoms with Crippen LogP contribution >= 0.6 is 58.0 Å². The summed E-state index contributed by atoms with van der Waals surface area (Å²) in [6, 6.07) is 30.1. The van der Waals surface area contributed by atoms with Crippen molar-refractivity contribution < 1.29 is 87.5 Å². The number of halogens is 5. The molecule has 6 N–H and O–H groups in total. The summed E-state index contributed by atoms with van der Waals surface area (Å²) in [5, 5.41) is 69.6. The van der Waals surface area contributed by atoms with Gasteiger partial charge in [0.2, 0.25) is 0 Å². The van der Waals surface area contributed by atoms with Crippen LogP contribution in [0.3, 0.4) is 0 Å². The average molecular weight is 1840 g/mol. The van der Waals surface area contributed by atoms with Gasteiger partial charge in [0.1, 0.15) is 151 Å². The van der Waals surface area contributed by atoms with Crippen LogP contribution in [0.25, 0.3) is 44.1 Å². The molecule has 0 spiro atoms. The number of ether oxygens (including phenoxy) is 12. The first kappa shape index (κ1) is 89.7. The summed E-state index contributed by atoms with van der Waals surface area (Å²) in [5.41, 5.74) is 13.0.